The number of amides is 1. The fourth-order valence-electron chi connectivity index (χ4n) is 4.73. The van der Waals surface area contributed by atoms with E-state index in [1.54, 1.807) is 12.1 Å². The van der Waals surface area contributed by atoms with E-state index in [9.17, 15) is 32.9 Å². The van der Waals surface area contributed by atoms with Crippen molar-refractivity contribution in [2.24, 2.45) is 10.2 Å². The molecule has 2 aromatic carbocycles. The summed E-state index contributed by atoms with van der Waals surface area (Å²) in [5, 5.41) is 37.5. The molecule has 0 bridgehead atoms. The van der Waals surface area contributed by atoms with Gasteiger partial charge in [0, 0.05) is 23.7 Å². The Labute approximate surface area is 369 Å². The van der Waals surface area contributed by atoms with E-state index in [0.29, 0.717) is 24.2 Å². The largest absolute Gasteiger partial charge is 1.00 e. The predicted octanol–water partition coefficient (Wildman–Crippen LogP) is 0.303. The van der Waals surface area contributed by atoms with E-state index in [2.05, 4.69) is 26.7 Å². The van der Waals surface area contributed by atoms with Crippen LogP contribution in [-0.2, 0) is 20.3 Å². The average Bonchev–Trinajstić information content (AvgIpc) is 3.29. The summed E-state index contributed by atoms with van der Waals surface area (Å²) < 4.78 is 34.1. The van der Waals surface area contributed by atoms with E-state index < -0.39 is 27.3 Å². The summed E-state index contributed by atoms with van der Waals surface area (Å²) in [5.74, 6) is -2.26. The van der Waals surface area contributed by atoms with Crippen LogP contribution >= 0.6 is 23.2 Å². The van der Waals surface area contributed by atoms with Gasteiger partial charge in [0.25, 0.3) is 0 Å². The Kier molecular flexibility index (Phi) is 18.1. The van der Waals surface area contributed by atoms with Gasteiger partial charge in [0.1, 0.15) is 23.0 Å². The van der Waals surface area contributed by atoms with Crippen LogP contribution < -0.4 is 113 Å². The third-order valence-corrected chi connectivity index (χ3v) is 8.26. The predicted molar refractivity (Wildman–Crippen MR) is 168 cm³/mol. The summed E-state index contributed by atoms with van der Waals surface area (Å²) >= 11 is 12.9. The van der Waals surface area contributed by atoms with Gasteiger partial charge >= 0.3 is 103 Å². The van der Waals surface area contributed by atoms with E-state index in [1.807, 2.05) is 33.8 Å². The fraction of sp³-hybridized carbons (Fsp3) is 0.400. The maximum atomic E-state index is 12.1. The van der Waals surface area contributed by atoms with Crippen molar-refractivity contribution in [3.05, 3.63) is 62.8 Å². The summed E-state index contributed by atoms with van der Waals surface area (Å²) in [7, 11) is -4.28. The van der Waals surface area contributed by atoms with Crippen LogP contribution in [0.3, 0.4) is 0 Å². The number of carbonyl (C=O) groups excluding carboxylic acids is 2. The zero-order valence-corrected chi connectivity index (χ0v) is 35.9. The molecule has 1 amide bonds. The minimum absolute atomic E-state index is 0. The number of rotatable bonds is 12. The average molecular weight is 754 g/mol. The summed E-state index contributed by atoms with van der Waals surface area (Å²) in [6.07, 6.45) is 2.14. The van der Waals surface area contributed by atoms with Crippen LogP contribution in [0.2, 0.25) is 10.0 Å². The Bertz CT molecular complexity index is 1780. The van der Waals surface area contributed by atoms with Crippen LogP contribution in [0.25, 0.3) is 5.69 Å². The smallest absolute Gasteiger partial charge is 0.748 e. The molecule has 3 rings (SSSR count). The summed E-state index contributed by atoms with van der Waals surface area (Å²) in [6.45, 7) is 8.87. The first-order valence-electron chi connectivity index (χ1n) is 14.0. The molecule has 17 heteroatoms. The number of carboxylic acid groups (broad SMARTS) is 1. The molecule has 1 aromatic heterocycles. The van der Waals surface area contributed by atoms with Crippen molar-refractivity contribution in [2.75, 3.05) is 11.1 Å². The maximum Gasteiger partial charge on any atom is 1.00 e. The second kappa shape index (κ2) is 19.2. The third kappa shape index (κ3) is 12.3. The van der Waals surface area contributed by atoms with E-state index >= 15 is 0 Å². The number of aromatic nitrogens is 2. The molecule has 1 N–H and O–H groups in total. The van der Waals surface area contributed by atoms with Crippen LogP contribution in [0.4, 0.5) is 17.2 Å². The van der Waals surface area contributed by atoms with Gasteiger partial charge in [0.2, 0.25) is 5.91 Å². The zero-order valence-electron chi connectivity index (χ0n) is 27.3. The Morgan fingerprint density at radius 3 is 2.21 bits per heavy atom. The van der Waals surface area contributed by atoms with Gasteiger partial charge in [0.15, 0.2) is 5.82 Å². The molecule has 0 spiro atoms. The molecule has 0 aliphatic carbocycles. The number of nitrogens with zero attached hydrogens (tertiary/aromatic N) is 5. The van der Waals surface area contributed by atoms with Gasteiger partial charge in [0.05, 0.1) is 37.5 Å². The van der Waals surface area contributed by atoms with Gasteiger partial charge < -0.3 is 19.8 Å². The van der Waals surface area contributed by atoms with E-state index in [0.717, 1.165) is 24.1 Å². The van der Waals surface area contributed by atoms with E-state index in [-0.39, 0.29) is 159 Å². The Balaban J connectivity index is 0.00000552. The number of nitriles is 1. The number of unbranched alkanes of at least 4 members (excludes halogenated alkanes) is 1. The summed E-state index contributed by atoms with van der Waals surface area (Å²) in [5.41, 5.74) is 1.14. The zero-order chi connectivity index (χ0) is 33.7. The minimum Gasteiger partial charge on any atom is -0.748 e. The molecule has 0 aliphatic rings. The van der Waals surface area contributed by atoms with Crippen molar-refractivity contribution in [1.29, 1.82) is 5.26 Å². The quantitative estimate of drug-likeness (QED) is 0.118. The van der Waals surface area contributed by atoms with Crippen LogP contribution in [0.5, 0.6) is 0 Å². The first-order valence-corrected chi connectivity index (χ1v) is 16.3. The Morgan fingerprint density at radius 1 is 1.11 bits per heavy atom. The molecular weight excluding hydrogens is 722 g/mol. The summed E-state index contributed by atoms with van der Waals surface area (Å²) in [4.78, 5) is 23.5. The number of hydrogen-bond donors (Lipinski definition) is 1. The molecule has 0 radical (unpaired) electrons. The minimum atomic E-state index is -4.28. The molecule has 0 fully saturated rings. The van der Waals surface area contributed by atoms with Crippen molar-refractivity contribution >= 4 is 62.4 Å². The Morgan fingerprint density at radius 2 is 1.72 bits per heavy atom. The van der Waals surface area contributed by atoms with Crippen LogP contribution in [0.15, 0.2) is 40.6 Å². The van der Waals surface area contributed by atoms with Crippen molar-refractivity contribution in [3.63, 3.8) is 0 Å². The number of carboxylic acids is 1. The van der Waals surface area contributed by atoms with E-state index in [4.69, 9.17) is 23.2 Å². The molecule has 1 heterocycles. The first kappa shape index (κ1) is 44.5. The number of azo groups is 1. The molecular formula is C30H32Cl2K2N6O6S. The van der Waals surface area contributed by atoms with Crippen molar-refractivity contribution in [1.82, 2.24) is 9.78 Å². The molecule has 12 nitrogen and oxygen atoms in total. The number of aromatic carboxylic acids is 1. The molecule has 1 unspecified atom stereocenters. The first-order chi connectivity index (χ1) is 21.0. The van der Waals surface area contributed by atoms with Gasteiger partial charge in [-0.05, 0) is 55.0 Å². The van der Waals surface area contributed by atoms with Gasteiger partial charge in [-0.1, -0.05) is 63.4 Å². The van der Waals surface area contributed by atoms with Crippen molar-refractivity contribution in [3.8, 4) is 11.8 Å². The number of carbonyl (C=O) groups is 2. The van der Waals surface area contributed by atoms with Gasteiger partial charge in [-0.3, -0.25) is 4.79 Å². The molecule has 0 saturated heterocycles. The van der Waals surface area contributed by atoms with Crippen molar-refractivity contribution < 1.29 is 130 Å². The normalized spacial score (nSPS) is 12.1. The topological polar surface area (TPSA) is 193 Å². The van der Waals surface area contributed by atoms with Crippen LogP contribution in [0, 0.1) is 11.3 Å². The summed E-state index contributed by atoms with van der Waals surface area (Å²) in [6, 6.07) is 9.65. The standard InChI is InChI=1S/C30H34Cl2N6O6S.2K/c1-6-18(9-7-8-12-45(42,43)44)19-10-11-24(25(15-19)34-17(2)39)35-36-28-21(16-33)27(30(3,4)5)37-38(28)26-22(31)13-20(29(40)41)14-23(26)32;;/h10-11,13-15,18H,6-9,12H2,1-5H3,(H,34,39)(H,40,41)(H,42,43,44);;/q;2*+1/p-2. The maximum absolute atomic E-state index is 12.1. The third-order valence-electron chi connectivity index (χ3n) is 6.89. The molecule has 0 saturated carbocycles. The molecule has 47 heavy (non-hydrogen) atoms. The van der Waals surface area contributed by atoms with Gasteiger partial charge in [-0.2, -0.15) is 10.4 Å². The number of hydrogen-bond acceptors (Lipinski definition) is 10. The number of halogens is 2. The Hall–Kier alpha value is -0.557. The second-order valence-electron chi connectivity index (χ2n) is 11.4. The van der Waals surface area contributed by atoms with E-state index in [1.165, 1.54) is 11.6 Å². The van der Waals surface area contributed by atoms with Crippen LogP contribution in [-0.4, -0.2) is 40.4 Å². The second-order valence-corrected chi connectivity index (χ2v) is 13.8. The molecule has 3 aromatic rings. The molecule has 240 valence electrons. The number of nitrogens with one attached hydrogen (secondary N) is 1. The van der Waals surface area contributed by atoms with Gasteiger partial charge in [-0.15, -0.1) is 10.2 Å². The number of anilines is 1. The van der Waals surface area contributed by atoms with Crippen LogP contribution in [0.1, 0.15) is 93.4 Å². The van der Waals surface area contributed by atoms with Crippen molar-refractivity contribution in [2.45, 2.75) is 71.6 Å². The molecule has 0 aliphatic heterocycles. The fourth-order valence-corrected chi connectivity index (χ4v) is 5.94. The SMILES string of the molecule is CCC(CCCCS(=O)(=O)[O-])c1ccc(N=Nc2c(C#N)c(C(C)(C)C)nn2-c2c(Cl)cc(C(=O)[O-])cc2Cl)c(NC(C)=O)c1.[K+].[K+]. The van der Waals surface area contributed by atoms with Gasteiger partial charge in [-0.25, -0.2) is 13.1 Å². The number of benzene rings is 2. The monoisotopic (exact) mass is 752 g/mol. The molecule has 1 atom stereocenters.